The average molecular weight is 313 g/mol. The first-order valence-corrected chi connectivity index (χ1v) is 7.74. The summed E-state index contributed by atoms with van der Waals surface area (Å²) in [4.78, 5) is 23.4. The zero-order valence-electron chi connectivity index (χ0n) is 13.0. The minimum Gasteiger partial charge on any atom is -0.490 e. The van der Waals surface area contributed by atoms with Gasteiger partial charge in [0.2, 0.25) is 0 Å². The normalized spacial score (nSPS) is 14.7. The Morgan fingerprint density at radius 2 is 1.87 bits per heavy atom. The molecule has 1 aromatic carbocycles. The highest BCUT2D eigenvalue weighted by Gasteiger charge is 2.16. The standard InChI is InChI=1S/C17H19N3O3/c1-20-16(21)11-10-15(19-20)17(22)18-12-6-8-14(9-7-12)23-13-4-2-3-5-13/h6-11,13H,2-5H2,1H3,(H,18,22). The largest absolute Gasteiger partial charge is 0.490 e. The molecule has 1 heterocycles. The lowest BCUT2D eigenvalue weighted by Gasteiger charge is -2.13. The summed E-state index contributed by atoms with van der Waals surface area (Å²) in [7, 11) is 1.51. The number of benzene rings is 1. The molecule has 23 heavy (non-hydrogen) atoms. The first-order valence-electron chi connectivity index (χ1n) is 7.74. The lowest BCUT2D eigenvalue weighted by molar-refractivity contribution is 0.102. The number of hydrogen-bond donors (Lipinski definition) is 1. The van der Waals surface area contributed by atoms with Gasteiger partial charge in [-0.2, -0.15) is 5.10 Å². The van der Waals surface area contributed by atoms with Crippen molar-refractivity contribution in [1.82, 2.24) is 9.78 Å². The van der Waals surface area contributed by atoms with Crippen molar-refractivity contribution in [1.29, 1.82) is 0 Å². The molecule has 0 unspecified atom stereocenters. The van der Waals surface area contributed by atoms with Crippen LogP contribution in [0.3, 0.4) is 0 Å². The van der Waals surface area contributed by atoms with E-state index in [0.29, 0.717) is 11.8 Å². The molecule has 1 N–H and O–H groups in total. The maximum absolute atomic E-state index is 12.1. The Kier molecular flexibility index (Phi) is 4.41. The van der Waals surface area contributed by atoms with E-state index in [1.165, 1.54) is 32.0 Å². The number of carbonyl (C=O) groups excluding carboxylic acids is 1. The second-order valence-electron chi connectivity index (χ2n) is 5.68. The average Bonchev–Trinajstić information content (AvgIpc) is 3.05. The molecule has 0 radical (unpaired) electrons. The number of ether oxygens (including phenoxy) is 1. The van der Waals surface area contributed by atoms with E-state index in [0.717, 1.165) is 23.3 Å². The van der Waals surface area contributed by atoms with Gasteiger partial charge in [0.05, 0.1) is 6.10 Å². The van der Waals surface area contributed by atoms with Crippen LogP contribution in [0.15, 0.2) is 41.2 Å². The van der Waals surface area contributed by atoms with E-state index in [-0.39, 0.29) is 17.2 Å². The molecule has 1 fully saturated rings. The van der Waals surface area contributed by atoms with Gasteiger partial charge in [-0.3, -0.25) is 9.59 Å². The van der Waals surface area contributed by atoms with Gasteiger partial charge in [-0.05, 0) is 56.0 Å². The van der Waals surface area contributed by atoms with Crippen LogP contribution < -0.4 is 15.6 Å². The number of amides is 1. The molecule has 3 rings (SSSR count). The van der Waals surface area contributed by atoms with Gasteiger partial charge in [0, 0.05) is 18.8 Å². The third-order valence-electron chi connectivity index (χ3n) is 3.91. The highest BCUT2D eigenvalue weighted by atomic mass is 16.5. The summed E-state index contributed by atoms with van der Waals surface area (Å²) in [6.07, 6.45) is 4.98. The fraction of sp³-hybridized carbons (Fsp3) is 0.353. The predicted octanol–water partition coefficient (Wildman–Crippen LogP) is 2.35. The number of aromatic nitrogens is 2. The number of hydrogen-bond acceptors (Lipinski definition) is 4. The Labute approximate surface area is 134 Å². The fourth-order valence-electron chi connectivity index (χ4n) is 2.63. The van der Waals surface area contributed by atoms with Crippen LogP contribution in [0.25, 0.3) is 0 Å². The molecule has 0 atom stereocenters. The quantitative estimate of drug-likeness (QED) is 0.940. The van der Waals surface area contributed by atoms with Gasteiger partial charge >= 0.3 is 0 Å². The highest BCUT2D eigenvalue weighted by molar-refractivity contribution is 6.02. The van der Waals surface area contributed by atoms with E-state index in [1.807, 2.05) is 12.1 Å². The number of rotatable bonds is 4. The minimum absolute atomic E-state index is 0.193. The summed E-state index contributed by atoms with van der Waals surface area (Å²) in [6.45, 7) is 0. The first kappa shape index (κ1) is 15.3. The van der Waals surface area contributed by atoms with E-state index >= 15 is 0 Å². The van der Waals surface area contributed by atoms with Crippen molar-refractivity contribution in [3.8, 4) is 5.75 Å². The Balaban J connectivity index is 1.64. The van der Waals surface area contributed by atoms with Gasteiger partial charge in [-0.25, -0.2) is 4.68 Å². The molecule has 1 aliphatic rings. The van der Waals surface area contributed by atoms with Crippen molar-refractivity contribution >= 4 is 11.6 Å². The molecule has 1 saturated carbocycles. The molecule has 6 heteroatoms. The van der Waals surface area contributed by atoms with Crippen LogP contribution in [0.5, 0.6) is 5.75 Å². The molecule has 120 valence electrons. The maximum Gasteiger partial charge on any atom is 0.276 e. The summed E-state index contributed by atoms with van der Waals surface area (Å²) in [5, 5.41) is 6.68. The Morgan fingerprint density at radius 3 is 2.52 bits per heavy atom. The molecule has 0 spiro atoms. The van der Waals surface area contributed by atoms with Gasteiger partial charge in [0.1, 0.15) is 11.4 Å². The number of anilines is 1. The summed E-state index contributed by atoms with van der Waals surface area (Å²) in [6, 6.07) is 10.0. The van der Waals surface area contributed by atoms with Gasteiger partial charge in [0.15, 0.2) is 0 Å². The number of aryl methyl sites for hydroxylation is 1. The zero-order valence-corrected chi connectivity index (χ0v) is 13.0. The Morgan fingerprint density at radius 1 is 1.17 bits per heavy atom. The third kappa shape index (κ3) is 3.77. The van der Waals surface area contributed by atoms with Crippen LogP contribution >= 0.6 is 0 Å². The molecule has 6 nitrogen and oxygen atoms in total. The van der Waals surface area contributed by atoms with Crippen molar-refractivity contribution in [3.63, 3.8) is 0 Å². The smallest absolute Gasteiger partial charge is 0.276 e. The molecule has 1 aromatic heterocycles. The second-order valence-corrected chi connectivity index (χ2v) is 5.68. The van der Waals surface area contributed by atoms with E-state index in [4.69, 9.17) is 4.74 Å². The molecule has 0 saturated heterocycles. The van der Waals surface area contributed by atoms with Crippen LogP contribution in [0, 0.1) is 0 Å². The molecule has 1 amide bonds. The van der Waals surface area contributed by atoms with E-state index in [1.54, 1.807) is 12.1 Å². The Hall–Kier alpha value is -2.63. The second kappa shape index (κ2) is 6.64. The fourth-order valence-corrected chi connectivity index (χ4v) is 2.63. The van der Waals surface area contributed by atoms with Crippen LogP contribution in [-0.2, 0) is 7.05 Å². The number of nitrogens with zero attached hydrogens (tertiary/aromatic N) is 2. The minimum atomic E-state index is -0.356. The topological polar surface area (TPSA) is 73.2 Å². The first-order chi connectivity index (χ1) is 11.1. The predicted molar refractivity (Wildman–Crippen MR) is 86.8 cm³/mol. The van der Waals surface area contributed by atoms with Gasteiger partial charge in [0.25, 0.3) is 11.5 Å². The molecule has 0 bridgehead atoms. The molecule has 2 aromatic rings. The molecular weight excluding hydrogens is 294 g/mol. The van der Waals surface area contributed by atoms with Crippen molar-refractivity contribution in [2.24, 2.45) is 7.05 Å². The summed E-state index contributed by atoms with van der Waals surface area (Å²) >= 11 is 0. The van der Waals surface area contributed by atoms with Crippen LogP contribution in [0.1, 0.15) is 36.2 Å². The van der Waals surface area contributed by atoms with Crippen LogP contribution in [0.4, 0.5) is 5.69 Å². The van der Waals surface area contributed by atoms with Gasteiger partial charge in [-0.1, -0.05) is 0 Å². The summed E-state index contributed by atoms with van der Waals surface area (Å²) in [5.41, 5.74) is 0.595. The summed E-state index contributed by atoms with van der Waals surface area (Å²) in [5.74, 6) is 0.459. The number of nitrogens with one attached hydrogen (secondary N) is 1. The van der Waals surface area contributed by atoms with Crippen molar-refractivity contribution in [3.05, 3.63) is 52.4 Å². The molecule has 1 aliphatic carbocycles. The van der Waals surface area contributed by atoms with Crippen molar-refractivity contribution in [2.45, 2.75) is 31.8 Å². The monoisotopic (exact) mass is 313 g/mol. The molecule has 0 aliphatic heterocycles. The lowest BCUT2D eigenvalue weighted by atomic mass is 10.2. The van der Waals surface area contributed by atoms with Crippen LogP contribution in [0.2, 0.25) is 0 Å². The van der Waals surface area contributed by atoms with E-state index in [2.05, 4.69) is 10.4 Å². The lowest BCUT2D eigenvalue weighted by Crippen LogP contribution is -2.23. The summed E-state index contributed by atoms with van der Waals surface area (Å²) < 4.78 is 7.02. The van der Waals surface area contributed by atoms with E-state index < -0.39 is 0 Å². The Bertz CT molecular complexity index is 746. The van der Waals surface area contributed by atoms with Crippen LogP contribution in [-0.4, -0.2) is 21.8 Å². The molecular formula is C17H19N3O3. The highest BCUT2D eigenvalue weighted by Crippen LogP contribution is 2.25. The maximum atomic E-state index is 12.1. The third-order valence-corrected chi connectivity index (χ3v) is 3.91. The van der Waals surface area contributed by atoms with Crippen molar-refractivity contribution in [2.75, 3.05) is 5.32 Å². The van der Waals surface area contributed by atoms with Gasteiger partial charge < -0.3 is 10.1 Å². The van der Waals surface area contributed by atoms with Crippen molar-refractivity contribution < 1.29 is 9.53 Å². The zero-order chi connectivity index (χ0) is 16.2. The SMILES string of the molecule is Cn1nc(C(=O)Nc2ccc(OC3CCCC3)cc2)ccc1=O. The number of carbonyl (C=O) groups is 1. The van der Waals surface area contributed by atoms with E-state index in [9.17, 15) is 9.59 Å². The van der Waals surface area contributed by atoms with Gasteiger partial charge in [-0.15, -0.1) is 0 Å².